The molecule has 140 valence electrons. The molecule has 0 fully saturated rings. The Bertz CT molecular complexity index is 1180. The fourth-order valence-electron chi connectivity index (χ4n) is 3.10. The Morgan fingerprint density at radius 2 is 1.96 bits per heavy atom. The molecule has 0 aliphatic carbocycles. The molecular weight excluding hydrogens is 354 g/mol. The minimum Gasteiger partial charge on any atom is -0.467 e. The number of nitrogens with one attached hydrogen (secondary N) is 1. The van der Waals surface area contributed by atoms with Crippen molar-refractivity contribution in [3.8, 4) is 0 Å². The molecule has 0 atom stereocenters. The number of hydrogen-bond acceptors (Lipinski definition) is 4. The zero-order valence-corrected chi connectivity index (χ0v) is 15.4. The molecule has 0 aliphatic rings. The first-order valence-corrected chi connectivity index (χ1v) is 8.97. The maximum Gasteiger partial charge on any atom is 0.260 e. The number of pyridine rings is 2. The van der Waals surface area contributed by atoms with Crippen LogP contribution in [-0.2, 0) is 13.1 Å². The molecule has 28 heavy (non-hydrogen) atoms. The standard InChI is InChI=1S/C22H19N3O3/c1-15-18(21(26)23-13-16-6-3-2-4-7-16)12-19-20(24-15)9-10-25(22(19)27)14-17-8-5-11-28-17/h2-12H,13-14H2,1H3,(H,23,26). The van der Waals surface area contributed by atoms with Crippen molar-refractivity contribution in [2.75, 3.05) is 0 Å². The SMILES string of the molecule is Cc1nc2ccn(Cc3ccco3)c(=O)c2cc1C(=O)NCc1ccccc1. The van der Waals surface area contributed by atoms with Gasteiger partial charge in [0.05, 0.1) is 35.0 Å². The van der Waals surface area contributed by atoms with Crippen LogP contribution < -0.4 is 10.9 Å². The Kier molecular flexibility index (Phi) is 4.76. The first kappa shape index (κ1) is 17.7. The lowest BCUT2D eigenvalue weighted by Crippen LogP contribution is -2.25. The van der Waals surface area contributed by atoms with E-state index < -0.39 is 0 Å². The van der Waals surface area contributed by atoms with E-state index in [0.717, 1.165) is 5.56 Å². The van der Waals surface area contributed by atoms with Crippen molar-refractivity contribution in [3.63, 3.8) is 0 Å². The van der Waals surface area contributed by atoms with Crippen LogP contribution >= 0.6 is 0 Å². The third-order valence-electron chi connectivity index (χ3n) is 4.59. The van der Waals surface area contributed by atoms with Gasteiger partial charge in [-0.15, -0.1) is 0 Å². The summed E-state index contributed by atoms with van der Waals surface area (Å²) in [7, 11) is 0. The molecule has 6 heteroatoms. The van der Waals surface area contributed by atoms with Crippen LogP contribution in [0.1, 0.15) is 27.4 Å². The second-order valence-corrected chi connectivity index (χ2v) is 6.55. The molecular formula is C22H19N3O3. The van der Waals surface area contributed by atoms with Crippen LogP contribution in [0.15, 0.2) is 76.3 Å². The van der Waals surface area contributed by atoms with E-state index in [0.29, 0.717) is 41.0 Å². The van der Waals surface area contributed by atoms with E-state index in [-0.39, 0.29) is 11.5 Å². The molecule has 4 aromatic rings. The minimum absolute atomic E-state index is 0.210. The Morgan fingerprint density at radius 1 is 1.14 bits per heavy atom. The highest BCUT2D eigenvalue weighted by Gasteiger charge is 2.14. The highest BCUT2D eigenvalue weighted by Crippen LogP contribution is 2.14. The van der Waals surface area contributed by atoms with Gasteiger partial charge in [-0.25, -0.2) is 0 Å². The monoisotopic (exact) mass is 373 g/mol. The third-order valence-corrected chi connectivity index (χ3v) is 4.59. The van der Waals surface area contributed by atoms with Crippen molar-refractivity contribution < 1.29 is 9.21 Å². The van der Waals surface area contributed by atoms with Gasteiger partial charge in [-0.1, -0.05) is 30.3 Å². The lowest BCUT2D eigenvalue weighted by atomic mass is 10.1. The quantitative estimate of drug-likeness (QED) is 0.582. The van der Waals surface area contributed by atoms with Gasteiger partial charge in [-0.3, -0.25) is 14.6 Å². The molecule has 6 nitrogen and oxygen atoms in total. The molecule has 0 saturated carbocycles. The molecule has 0 saturated heterocycles. The van der Waals surface area contributed by atoms with E-state index in [1.807, 2.05) is 36.4 Å². The van der Waals surface area contributed by atoms with E-state index in [9.17, 15) is 9.59 Å². The fraction of sp³-hybridized carbons (Fsp3) is 0.136. The van der Waals surface area contributed by atoms with Crippen molar-refractivity contribution in [2.24, 2.45) is 0 Å². The van der Waals surface area contributed by atoms with Gasteiger partial charge in [-0.05, 0) is 36.8 Å². The van der Waals surface area contributed by atoms with E-state index >= 15 is 0 Å². The predicted molar refractivity (Wildman–Crippen MR) is 106 cm³/mol. The molecule has 3 heterocycles. The Labute approximate surface area is 161 Å². The zero-order valence-electron chi connectivity index (χ0n) is 15.4. The minimum atomic E-state index is -0.253. The van der Waals surface area contributed by atoms with Crippen LogP contribution in [0.2, 0.25) is 0 Å². The first-order chi connectivity index (χ1) is 13.6. The van der Waals surface area contributed by atoms with Gasteiger partial charge in [0.25, 0.3) is 11.5 Å². The summed E-state index contributed by atoms with van der Waals surface area (Å²) in [6.07, 6.45) is 3.26. The summed E-state index contributed by atoms with van der Waals surface area (Å²) < 4.78 is 6.87. The van der Waals surface area contributed by atoms with Crippen LogP contribution in [0.5, 0.6) is 0 Å². The number of rotatable bonds is 5. The van der Waals surface area contributed by atoms with E-state index in [1.54, 1.807) is 42.1 Å². The summed E-state index contributed by atoms with van der Waals surface area (Å²) >= 11 is 0. The van der Waals surface area contributed by atoms with Crippen molar-refractivity contribution >= 4 is 16.8 Å². The summed E-state index contributed by atoms with van der Waals surface area (Å²) in [6, 6.07) is 16.7. The molecule has 1 aromatic carbocycles. The number of aromatic nitrogens is 2. The Morgan fingerprint density at radius 3 is 2.71 bits per heavy atom. The number of carbonyl (C=O) groups excluding carboxylic acids is 1. The summed E-state index contributed by atoms with van der Waals surface area (Å²) in [4.78, 5) is 30.0. The molecule has 0 aliphatic heterocycles. The van der Waals surface area contributed by atoms with Crippen LogP contribution in [-0.4, -0.2) is 15.5 Å². The van der Waals surface area contributed by atoms with Gasteiger partial charge < -0.3 is 14.3 Å². The van der Waals surface area contributed by atoms with Crippen LogP contribution in [0.3, 0.4) is 0 Å². The molecule has 0 radical (unpaired) electrons. The number of carbonyl (C=O) groups is 1. The largest absolute Gasteiger partial charge is 0.467 e. The lowest BCUT2D eigenvalue weighted by Gasteiger charge is -2.10. The van der Waals surface area contributed by atoms with Gasteiger partial charge in [0.1, 0.15) is 5.76 Å². The number of aryl methyl sites for hydroxylation is 1. The lowest BCUT2D eigenvalue weighted by molar-refractivity contribution is 0.0950. The van der Waals surface area contributed by atoms with Gasteiger partial charge in [0.15, 0.2) is 0 Å². The second kappa shape index (κ2) is 7.52. The number of hydrogen-bond donors (Lipinski definition) is 1. The zero-order chi connectivity index (χ0) is 19.5. The second-order valence-electron chi connectivity index (χ2n) is 6.55. The molecule has 1 amide bonds. The third kappa shape index (κ3) is 3.57. The van der Waals surface area contributed by atoms with Crippen LogP contribution in [0.4, 0.5) is 0 Å². The number of amides is 1. The van der Waals surface area contributed by atoms with E-state index in [2.05, 4.69) is 10.3 Å². The number of fused-ring (bicyclic) bond motifs is 1. The van der Waals surface area contributed by atoms with Crippen molar-refractivity contribution in [1.82, 2.24) is 14.9 Å². The molecule has 1 N–H and O–H groups in total. The Hall–Kier alpha value is -3.67. The molecule has 0 spiro atoms. The van der Waals surface area contributed by atoms with Gasteiger partial charge >= 0.3 is 0 Å². The molecule has 4 rings (SSSR count). The Balaban J connectivity index is 1.64. The number of nitrogens with zero attached hydrogens (tertiary/aromatic N) is 2. The normalized spacial score (nSPS) is 10.9. The topological polar surface area (TPSA) is 77.1 Å². The summed E-state index contributed by atoms with van der Waals surface area (Å²) in [5.41, 5.74) is 2.34. The summed E-state index contributed by atoms with van der Waals surface area (Å²) in [5.74, 6) is 0.430. The number of furan rings is 1. The maximum atomic E-state index is 12.9. The maximum absolute atomic E-state index is 12.9. The highest BCUT2D eigenvalue weighted by molar-refractivity contribution is 5.98. The van der Waals surface area contributed by atoms with Gasteiger partial charge in [0, 0.05) is 12.7 Å². The summed E-state index contributed by atoms with van der Waals surface area (Å²) in [5, 5.41) is 3.30. The average Bonchev–Trinajstić information content (AvgIpc) is 3.22. The smallest absolute Gasteiger partial charge is 0.260 e. The highest BCUT2D eigenvalue weighted by atomic mass is 16.3. The van der Waals surface area contributed by atoms with Gasteiger partial charge in [0.2, 0.25) is 0 Å². The van der Waals surface area contributed by atoms with E-state index in [4.69, 9.17) is 4.42 Å². The van der Waals surface area contributed by atoms with Crippen LogP contribution in [0, 0.1) is 6.92 Å². The molecule has 3 aromatic heterocycles. The predicted octanol–water partition coefficient (Wildman–Crippen LogP) is 3.28. The van der Waals surface area contributed by atoms with Crippen molar-refractivity contribution in [1.29, 1.82) is 0 Å². The summed E-state index contributed by atoms with van der Waals surface area (Å²) in [6.45, 7) is 2.51. The average molecular weight is 373 g/mol. The van der Waals surface area contributed by atoms with Crippen molar-refractivity contribution in [2.45, 2.75) is 20.0 Å². The van der Waals surface area contributed by atoms with Crippen LogP contribution in [0.25, 0.3) is 10.9 Å². The molecule has 0 unspecified atom stereocenters. The number of benzene rings is 1. The molecule has 0 bridgehead atoms. The van der Waals surface area contributed by atoms with Crippen molar-refractivity contribution in [3.05, 3.63) is 100.0 Å². The van der Waals surface area contributed by atoms with E-state index in [1.165, 1.54) is 0 Å². The first-order valence-electron chi connectivity index (χ1n) is 8.97. The van der Waals surface area contributed by atoms with Gasteiger partial charge in [-0.2, -0.15) is 0 Å². The fourth-order valence-corrected chi connectivity index (χ4v) is 3.10.